The molecule has 1 unspecified atom stereocenters. The quantitative estimate of drug-likeness (QED) is 0.887. The Morgan fingerprint density at radius 2 is 1.91 bits per heavy atom. The van der Waals surface area contributed by atoms with Crippen LogP contribution in [0, 0.1) is 0 Å². The average Bonchev–Trinajstić information content (AvgIpc) is 2.52. The van der Waals surface area contributed by atoms with Crippen LogP contribution < -0.4 is 16.0 Å². The summed E-state index contributed by atoms with van der Waals surface area (Å²) in [5.74, 6) is 0. The fourth-order valence-electron chi connectivity index (χ4n) is 2.47. The number of alkyl carbamates (subject to hydrolysis) is 1. The van der Waals surface area contributed by atoms with Crippen LogP contribution in [0.2, 0.25) is 0 Å². The number of benzene rings is 1. The number of nitrogens with one attached hydrogen (secondary N) is 1. The zero-order chi connectivity index (χ0) is 16.9. The van der Waals surface area contributed by atoms with E-state index in [1.807, 2.05) is 32.9 Å². The molecule has 6 heteroatoms. The van der Waals surface area contributed by atoms with E-state index in [1.54, 1.807) is 0 Å². The number of nitrogens with zero attached hydrogens (tertiary/aromatic N) is 1. The molecule has 0 aliphatic carbocycles. The number of carbonyl (C=O) groups excluding carboxylic acids is 1. The van der Waals surface area contributed by atoms with E-state index < -0.39 is 11.7 Å². The average molecular weight is 321 g/mol. The lowest BCUT2D eigenvalue weighted by molar-refractivity contribution is 0.0505. The van der Waals surface area contributed by atoms with Gasteiger partial charge in [-0.1, -0.05) is 12.1 Å². The molecule has 23 heavy (non-hydrogen) atoms. The van der Waals surface area contributed by atoms with Gasteiger partial charge < -0.3 is 25.4 Å². The van der Waals surface area contributed by atoms with Crippen LogP contribution in [-0.2, 0) is 9.47 Å². The van der Waals surface area contributed by atoms with Crippen molar-refractivity contribution >= 4 is 11.8 Å². The number of amides is 1. The second-order valence-corrected chi connectivity index (χ2v) is 6.63. The Morgan fingerprint density at radius 3 is 2.43 bits per heavy atom. The maximum atomic E-state index is 11.9. The summed E-state index contributed by atoms with van der Waals surface area (Å²) in [5.41, 5.74) is 7.40. The predicted octanol–water partition coefficient (Wildman–Crippen LogP) is 2.05. The van der Waals surface area contributed by atoms with E-state index in [9.17, 15) is 4.79 Å². The zero-order valence-electron chi connectivity index (χ0n) is 14.2. The molecule has 1 aromatic rings. The Morgan fingerprint density at radius 1 is 1.30 bits per heavy atom. The van der Waals surface area contributed by atoms with Gasteiger partial charge >= 0.3 is 6.09 Å². The fraction of sp³-hybridized carbons (Fsp3) is 0.588. The normalized spacial score (nSPS) is 16.8. The molecule has 1 heterocycles. The van der Waals surface area contributed by atoms with Gasteiger partial charge in [0.15, 0.2) is 0 Å². The topological polar surface area (TPSA) is 76.8 Å². The number of ether oxygens (including phenoxy) is 2. The van der Waals surface area contributed by atoms with E-state index in [4.69, 9.17) is 15.2 Å². The first kappa shape index (κ1) is 17.6. The molecule has 1 fully saturated rings. The van der Waals surface area contributed by atoms with Crippen molar-refractivity contribution < 1.29 is 14.3 Å². The van der Waals surface area contributed by atoms with Gasteiger partial charge in [-0.15, -0.1) is 0 Å². The van der Waals surface area contributed by atoms with Gasteiger partial charge in [0.05, 0.1) is 19.3 Å². The minimum absolute atomic E-state index is 0.261. The summed E-state index contributed by atoms with van der Waals surface area (Å²) in [6, 6.07) is 7.85. The van der Waals surface area contributed by atoms with Gasteiger partial charge in [0.25, 0.3) is 0 Å². The van der Waals surface area contributed by atoms with Crippen molar-refractivity contribution in [3.63, 3.8) is 0 Å². The smallest absolute Gasteiger partial charge is 0.408 e. The van der Waals surface area contributed by atoms with Crippen molar-refractivity contribution in [1.82, 2.24) is 5.32 Å². The monoisotopic (exact) mass is 321 g/mol. The van der Waals surface area contributed by atoms with Gasteiger partial charge in [-0.25, -0.2) is 4.79 Å². The highest BCUT2D eigenvalue weighted by Crippen LogP contribution is 2.20. The summed E-state index contributed by atoms with van der Waals surface area (Å²) in [5, 5.41) is 2.82. The molecule has 1 aliphatic heterocycles. The van der Waals surface area contributed by atoms with E-state index in [1.165, 1.54) is 0 Å². The molecule has 0 spiro atoms. The second kappa shape index (κ2) is 7.66. The summed E-state index contributed by atoms with van der Waals surface area (Å²) in [6.07, 6.45) is -0.454. The number of carbonyl (C=O) groups is 1. The molecule has 0 aromatic heterocycles. The first-order valence-electron chi connectivity index (χ1n) is 8.01. The van der Waals surface area contributed by atoms with Crippen LogP contribution >= 0.6 is 0 Å². The lowest BCUT2D eigenvalue weighted by atomic mass is 10.1. The number of anilines is 1. The molecule has 6 nitrogen and oxygen atoms in total. The molecule has 1 aromatic carbocycles. The van der Waals surface area contributed by atoms with E-state index in [2.05, 4.69) is 22.3 Å². The summed E-state index contributed by atoms with van der Waals surface area (Å²) in [4.78, 5) is 14.2. The summed E-state index contributed by atoms with van der Waals surface area (Å²) in [6.45, 7) is 9.13. The molecular formula is C17H27N3O3. The van der Waals surface area contributed by atoms with Crippen LogP contribution in [0.4, 0.5) is 10.5 Å². The first-order chi connectivity index (χ1) is 10.9. The maximum Gasteiger partial charge on any atom is 0.408 e. The minimum Gasteiger partial charge on any atom is -0.444 e. The number of morpholine rings is 1. The van der Waals surface area contributed by atoms with Crippen LogP contribution in [0.3, 0.4) is 0 Å². The van der Waals surface area contributed by atoms with Crippen molar-refractivity contribution in [3.05, 3.63) is 29.8 Å². The molecule has 1 aliphatic rings. The molecule has 0 saturated carbocycles. The predicted molar refractivity (Wildman–Crippen MR) is 90.6 cm³/mol. The Labute approximate surface area is 137 Å². The van der Waals surface area contributed by atoms with Crippen LogP contribution in [0.1, 0.15) is 32.4 Å². The molecule has 2 rings (SSSR count). The number of hydrogen-bond acceptors (Lipinski definition) is 5. The van der Waals surface area contributed by atoms with Gasteiger partial charge in [0.2, 0.25) is 0 Å². The van der Waals surface area contributed by atoms with E-state index in [0.717, 1.165) is 37.6 Å². The van der Waals surface area contributed by atoms with Gasteiger partial charge in [-0.3, -0.25) is 0 Å². The molecule has 1 amide bonds. The number of hydrogen-bond donors (Lipinski definition) is 2. The van der Waals surface area contributed by atoms with E-state index >= 15 is 0 Å². The van der Waals surface area contributed by atoms with Crippen LogP contribution in [0.25, 0.3) is 0 Å². The largest absolute Gasteiger partial charge is 0.444 e. The number of nitrogens with two attached hydrogens (primary N) is 1. The lowest BCUT2D eigenvalue weighted by Gasteiger charge is -2.29. The Bertz CT molecular complexity index is 505. The molecule has 0 radical (unpaired) electrons. The number of rotatable bonds is 4. The SMILES string of the molecule is CC(C)(C)OC(=O)NC(CN)c1ccc(N2CCOCC2)cc1. The highest BCUT2D eigenvalue weighted by molar-refractivity contribution is 5.68. The van der Waals surface area contributed by atoms with Gasteiger partial charge in [0.1, 0.15) is 5.60 Å². The third-order valence-electron chi connectivity index (χ3n) is 3.60. The van der Waals surface area contributed by atoms with Crippen LogP contribution in [0.5, 0.6) is 0 Å². The first-order valence-corrected chi connectivity index (χ1v) is 8.01. The van der Waals surface area contributed by atoms with Gasteiger partial charge in [-0.2, -0.15) is 0 Å². The summed E-state index contributed by atoms with van der Waals surface area (Å²) >= 11 is 0. The molecule has 1 atom stereocenters. The highest BCUT2D eigenvalue weighted by Gasteiger charge is 2.20. The third kappa shape index (κ3) is 5.41. The van der Waals surface area contributed by atoms with Crippen molar-refractivity contribution in [2.24, 2.45) is 5.73 Å². The van der Waals surface area contributed by atoms with Crippen molar-refractivity contribution in [2.45, 2.75) is 32.4 Å². The van der Waals surface area contributed by atoms with Crippen molar-refractivity contribution in [3.8, 4) is 0 Å². The lowest BCUT2D eigenvalue weighted by Crippen LogP contribution is -2.38. The fourth-order valence-corrected chi connectivity index (χ4v) is 2.47. The van der Waals surface area contributed by atoms with Crippen molar-refractivity contribution in [2.75, 3.05) is 37.7 Å². The van der Waals surface area contributed by atoms with Gasteiger partial charge in [-0.05, 0) is 38.5 Å². The second-order valence-electron chi connectivity index (χ2n) is 6.63. The molecular weight excluding hydrogens is 294 g/mol. The molecule has 1 saturated heterocycles. The zero-order valence-corrected chi connectivity index (χ0v) is 14.2. The van der Waals surface area contributed by atoms with E-state index in [0.29, 0.717) is 6.54 Å². The summed E-state index contributed by atoms with van der Waals surface area (Å²) in [7, 11) is 0. The Kier molecular flexibility index (Phi) is 5.85. The van der Waals surface area contributed by atoms with Crippen LogP contribution in [-0.4, -0.2) is 44.5 Å². The molecule has 3 N–H and O–H groups in total. The summed E-state index contributed by atoms with van der Waals surface area (Å²) < 4.78 is 10.6. The third-order valence-corrected chi connectivity index (χ3v) is 3.60. The standard InChI is InChI=1S/C17H27N3O3/c1-17(2,3)23-16(21)19-15(12-18)13-4-6-14(7-5-13)20-8-10-22-11-9-20/h4-7,15H,8-12,18H2,1-3H3,(H,19,21). The van der Waals surface area contributed by atoms with Crippen LogP contribution in [0.15, 0.2) is 24.3 Å². The minimum atomic E-state index is -0.524. The maximum absolute atomic E-state index is 11.9. The van der Waals surface area contributed by atoms with Gasteiger partial charge in [0, 0.05) is 25.3 Å². The van der Waals surface area contributed by atoms with E-state index in [-0.39, 0.29) is 6.04 Å². The van der Waals surface area contributed by atoms with Crippen molar-refractivity contribution in [1.29, 1.82) is 0 Å². The highest BCUT2D eigenvalue weighted by atomic mass is 16.6. The Balaban J connectivity index is 1.99. The molecule has 128 valence electrons. The Hall–Kier alpha value is -1.79. The molecule has 0 bridgehead atoms.